The molecule has 1 amide bonds. The Morgan fingerprint density at radius 2 is 1.65 bits per heavy atom. The average molecular weight is 435 g/mol. The van der Waals surface area contributed by atoms with Crippen molar-refractivity contribution in [3.8, 4) is 0 Å². The van der Waals surface area contributed by atoms with E-state index in [9.17, 15) is 13.2 Å². The van der Waals surface area contributed by atoms with E-state index in [-0.39, 0.29) is 16.8 Å². The van der Waals surface area contributed by atoms with Crippen molar-refractivity contribution in [2.75, 3.05) is 7.05 Å². The van der Waals surface area contributed by atoms with Gasteiger partial charge in [-0.25, -0.2) is 18.1 Å². The van der Waals surface area contributed by atoms with E-state index in [4.69, 9.17) is 0 Å². The van der Waals surface area contributed by atoms with Crippen molar-refractivity contribution in [2.45, 2.75) is 17.4 Å². The highest BCUT2D eigenvalue weighted by atomic mass is 32.2. The number of carbonyl (C=O) groups excluding carboxylic acids is 1. The van der Waals surface area contributed by atoms with Crippen molar-refractivity contribution < 1.29 is 13.2 Å². The van der Waals surface area contributed by atoms with Crippen LogP contribution in [0.2, 0.25) is 0 Å². The summed E-state index contributed by atoms with van der Waals surface area (Å²) in [5.41, 5.74) is 3.14. The number of para-hydroxylation sites is 2. The summed E-state index contributed by atoms with van der Waals surface area (Å²) in [5.74, 6) is 0.350. The van der Waals surface area contributed by atoms with Crippen LogP contribution in [0.15, 0.2) is 83.8 Å². The smallest absolute Gasteiger partial charge is 0.251 e. The molecule has 0 aliphatic heterocycles. The van der Waals surface area contributed by atoms with Crippen LogP contribution in [0.1, 0.15) is 27.8 Å². The molecule has 0 fully saturated rings. The summed E-state index contributed by atoms with van der Waals surface area (Å²) in [6, 6.07) is 23.0. The predicted molar refractivity (Wildman–Crippen MR) is 119 cm³/mol. The largest absolute Gasteiger partial charge is 0.342 e. The lowest BCUT2D eigenvalue weighted by atomic mass is 10.0. The molecule has 0 saturated heterocycles. The molecule has 3 N–H and O–H groups in total. The van der Waals surface area contributed by atoms with Crippen LogP contribution in [0.4, 0.5) is 0 Å². The SMILES string of the molecule is CNS(=O)(=O)c1ccc(C(=O)N[C@@H](Cc2ccccc2)c2nc3ccccc3[nH]2)cc1. The molecule has 1 aromatic heterocycles. The molecule has 31 heavy (non-hydrogen) atoms. The number of aromatic amines is 1. The lowest BCUT2D eigenvalue weighted by Crippen LogP contribution is -2.30. The minimum absolute atomic E-state index is 0.102. The summed E-state index contributed by atoms with van der Waals surface area (Å²) in [7, 11) is -2.21. The monoisotopic (exact) mass is 434 g/mol. The van der Waals surface area contributed by atoms with E-state index < -0.39 is 10.0 Å². The number of H-pyrrole nitrogens is 1. The molecule has 4 aromatic rings. The van der Waals surface area contributed by atoms with Crippen LogP contribution < -0.4 is 10.0 Å². The molecule has 1 heterocycles. The zero-order valence-electron chi connectivity index (χ0n) is 16.9. The first-order valence-corrected chi connectivity index (χ1v) is 11.3. The van der Waals surface area contributed by atoms with Gasteiger partial charge in [0, 0.05) is 5.56 Å². The Labute approximate surface area is 180 Å². The number of sulfonamides is 1. The number of imidazole rings is 1. The third-order valence-corrected chi connectivity index (χ3v) is 6.45. The quantitative estimate of drug-likeness (QED) is 0.416. The lowest BCUT2D eigenvalue weighted by molar-refractivity contribution is 0.0934. The van der Waals surface area contributed by atoms with Gasteiger partial charge in [0.15, 0.2) is 0 Å². The van der Waals surface area contributed by atoms with Crippen molar-refractivity contribution in [2.24, 2.45) is 0 Å². The maximum atomic E-state index is 12.9. The summed E-state index contributed by atoms with van der Waals surface area (Å²) in [6.07, 6.45) is 0.554. The van der Waals surface area contributed by atoms with Gasteiger partial charge in [0.05, 0.1) is 22.0 Å². The molecule has 0 unspecified atom stereocenters. The van der Waals surface area contributed by atoms with E-state index in [2.05, 4.69) is 20.0 Å². The zero-order chi connectivity index (χ0) is 21.8. The Hall–Kier alpha value is -3.49. The second-order valence-corrected chi connectivity index (χ2v) is 8.97. The molecule has 0 saturated carbocycles. The third kappa shape index (κ3) is 4.65. The molecule has 8 heteroatoms. The highest BCUT2D eigenvalue weighted by Gasteiger charge is 2.20. The lowest BCUT2D eigenvalue weighted by Gasteiger charge is -2.17. The maximum absolute atomic E-state index is 12.9. The van der Waals surface area contributed by atoms with Gasteiger partial charge >= 0.3 is 0 Å². The summed E-state index contributed by atoms with van der Waals surface area (Å²) < 4.78 is 26.1. The van der Waals surface area contributed by atoms with Crippen LogP contribution in [-0.2, 0) is 16.4 Å². The van der Waals surface area contributed by atoms with Crippen LogP contribution in [0, 0.1) is 0 Å². The standard InChI is InChI=1S/C23H22N4O3S/c1-24-31(29,30)18-13-11-17(12-14-18)23(28)27-21(15-16-7-3-2-4-8-16)22-25-19-9-5-6-10-20(19)26-22/h2-14,21,24H,15H2,1H3,(H,25,26)(H,27,28)/t21-/m0/s1. The number of rotatable bonds is 7. The fraction of sp³-hybridized carbons (Fsp3) is 0.130. The second-order valence-electron chi connectivity index (χ2n) is 7.09. The first-order valence-electron chi connectivity index (χ1n) is 9.79. The van der Waals surface area contributed by atoms with Gasteiger partial charge in [-0.15, -0.1) is 0 Å². The summed E-state index contributed by atoms with van der Waals surface area (Å²) in [5, 5.41) is 3.03. The predicted octanol–water partition coefficient (Wildman–Crippen LogP) is 3.18. The van der Waals surface area contributed by atoms with E-state index in [1.54, 1.807) is 0 Å². The van der Waals surface area contributed by atoms with E-state index in [1.807, 2.05) is 54.6 Å². The molecule has 4 rings (SSSR count). The van der Waals surface area contributed by atoms with Crippen LogP contribution >= 0.6 is 0 Å². The van der Waals surface area contributed by atoms with Crippen molar-refractivity contribution in [1.82, 2.24) is 20.0 Å². The number of hydrogen-bond donors (Lipinski definition) is 3. The molecular weight excluding hydrogens is 412 g/mol. The van der Waals surface area contributed by atoms with Gasteiger partial charge in [0.2, 0.25) is 10.0 Å². The molecule has 1 atom stereocenters. The molecular formula is C23H22N4O3S. The average Bonchev–Trinajstić information content (AvgIpc) is 3.24. The van der Waals surface area contributed by atoms with Gasteiger partial charge in [-0.05, 0) is 55.4 Å². The van der Waals surface area contributed by atoms with Crippen molar-refractivity contribution >= 4 is 27.0 Å². The van der Waals surface area contributed by atoms with Crippen molar-refractivity contribution in [3.63, 3.8) is 0 Å². The molecule has 7 nitrogen and oxygen atoms in total. The normalized spacial score (nSPS) is 12.5. The molecule has 158 valence electrons. The number of hydrogen-bond acceptors (Lipinski definition) is 4. The van der Waals surface area contributed by atoms with Gasteiger partial charge in [0.25, 0.3) is 5.91 Å². The molecule has 0 radical (unpaired) electrons. The van der Waals surface area contributed by atoms with E-state index in [1.165, 1.54) is 31.3 Å². The number of aromatic nitrogens is 2. The fourth-order valence-corrected chi connectivity index (χ4v) is 4.08. The molecule has 0 spiro atoms. The van der Waals surface area contributed by atoms with Crippen LogP contribution in [0.25, 0.3) is 11.0 Å². The topological polar surface area (TPSA) is 104 Å². The number of carbonyl (C=O) groups is 1. The van der Waals surface area contributed by atoms with Gasteiger partial charge in [-0.2, -0.15) is 0 Å². The minimum Gasteiger partial charge on any atom is -0.342 e. The molecule has 0 bridgehead atoms. The van der Waals surface area contributed by atoms with Gasteiger partial charge in [0.1, 0.15) is 5.82 Å². The van der Waals surface area contributed by atoms with Gasteiger partial charge in [-0.3, -0.25) is 4.79 Å². The summed E-state index contributed by atoms with van der Waals surface area (Å²) >= 11 is 0. The zero-order valence-corrected chi connectivity index (χ0v) is 17.7. The van der Waals surface area contributed by atoms with Crippen molar-refractivity contribution in [3.05, 3.63) is 95.8 Å². The summed E-state index contributed by atoms with van der Waals surface area (Å²) in [6.45, 7) is 0. The van der Waals surface area contributed by atoms with Crippen LogP contribution in [0.3, 0.4) is 0 Å². The number of nitrogens with one attached hydrogen (secondary N) is 3. The fourth-order valence-electron chi connectivity index (χ4n) is 3.35. The molecule has 0 aliphatic rings. The minimum atomic E-state index is -3.56. The van der Waals surface area contributed by atoms with Crippen molar-refractivity contribution in [1.29, 1.82) is 0 Å². The van der Waals surface area contributed by atoms with Gasteiger partial charge < -0.3 is 10.3 Å². The van der Waals surface area contributed by atoms with Crippen LogP contribution in [-0.4, -0.2) is 31.3 Å². The van der Waals surface area contributed by atoms with E-state index >= 15 is 0 Å². The maximum Gasteiger partial charge on any atom is 0.251 e. The Morgan fingerprint density at radius 1 is 0.968 bits per heavy atom. The number of nitrogens with zero attached hydrogens (tertiary/aromatic N) is 1. The number of fused-ring (bicyclic) bond motifs is 1. The van der Waals surface area contributed by atoms with E-state index in [0.29, 0.717) is 17.8 Å². The third-order valence-electron chi connectivity index (χ3n) is 5.02. The molecule has 0 aliphatic carbocycles. The Bertz CT molecular complexity index is 1270. The van der Waals surface area contributed by atoms with E-state index in [0.717, 1.165) is 16.6 Å². The Balaban J connectivity index is 1.61. The second kappa shape index (κ2) is 8.71. The first kappa shape index (κ1) is 20.8. The molecule has 3 aromatic carbocycles. The highest BCUT2D eigenvalue weighted by Crippen LogP contribution is 2.21. The first-order chi connectivity index (χ1) is 15.0. The number of amides is 1. The Morgan fingerprint density at radius 3 is 2.32 bits per heavy atom. The highest BCUT2D eigenvalue weighted by molar-refractivity contribution is 7.89. The summed E-state index contributed by atoms with van der Waals surface area (Å²) in [4.78, 5) is 21.0. The Kier molecular flexibility index (Phi) is 5.83. The van der Waals surface area contributed by atoms with Crippen LogP contribution in [0.5, 0.6) is 0 Å². The number of benzene rings is 3. The van der Waals surface area contributed by atoms with Gasteiger partial charge in [-0.1, -0.05) is 42.5 Å².